The van der Waals surface area contributed by atoms with Gasteiger partial charge in [0.05, 0.1) is 11.4 Å². The SMILES string of the molecule is C[C@@H](CCc1ccccc1)NC(=O)COC(=O)/C=C/c1cn(-c2ccccc2)nc1-c1ccc(Br)cc1. The molecule has 37 heavy (non-hydrogen) atoms. The summed E-state index contributed by atoms with van der Waals surface area (Å²) in [5.41, 5.74) is 4.52. The van der Waals surface area contributed by atoms with Gasteiger partial charge in [0, 0.05) is 33.9 Å². The zero-order valence-corrected chi connectivity index (χ0v) is 22.1. The van der Waals surface area contributed by atoms with Crippen LogP contribution < -0.4 is 5.32 Å². The molecule has 0 aliphatic carbocycles. The van der Waals surface area contributed by atoms with E-state index < -0.39 is 5.97 Å². The number of carbonyl (C=O) groups is 2. The van der Waals surface area contributed by atoms with Gasteiger partial charge in [-0.15, -0.1) is 0 Å². The molecule has 0 spiro atoms. The van der Waals surface area contributed by atoms with Gasteiger partial charge < -0.3 is 10.1 Å². The Kier molecular flexibility index (Phi) is 9.05. The fraction of sp³-hybridized carbons (Fsp3) is 0.167. The summed E-state index contributed by atoms with van der Waals surface area (Å²) in [5.74, 6) is -0.920. The third-order valence-electron chi connectivity index (χ3n) is 5.74. The maximum atomic E-state index is 12.4. The average molecular weight is 558 g/mol. The van der Waals surface area contributed by atoms with Crippen molar-refractivity contribution in [3.63, 3.8) is 0 Å². The molecular weight excluding hydrogens is 530 g/mol. The number of esters is 1. The molecule has 1 N–H and O–H groups in total. The topological polar surface area (TPSA) is 73.2 Å². The number of nitrogens with one attached hydrogen (secondary N) is 1. The Bertz CT molecular complexity index is 1350. The van der Waals surface area contributed by atoms with Crippen molar-refractivity contribution < 1.29 is 14.3 Å². The number of nitrogens with zero attached hydrogens (tertiary/aromatic N) is 2. The molecule has 0 saturated carbocycles. The van der Waals surface area contributed by atoms with Crippen LogP contribution in [0.1, 0.15) is 24.5 Å². The fourth-order valence-electron chi connectivity index (χ4n) is 3.81. The predicted molar refractivity (Wildman–Crippen MR) is 149 cm³/mol. The molecule has 0 bridgehead atoms. The van der Waals surface area contributed by atoms with Crippen LogP contribution in [0.5, 0.6) is 0 Å². The quantitative estimate of drug-likeness (QED) is 0.192. The summed E-state index contributed by atoms with van der Waals surface area (Å²) in [7, 11) is 0. The smallest absolute Gasteiger partial charge is 0.331 e. The largest absolute Gasteiger partial charge is 0.452 e. The Morgan fingerprint density at radius 1 is 1.00 bits per heavy atom. The summed E-state index contributed by atoms with van der Waals surface area (Å²) in [6.07, 6.45) is 6.50. The van der Waals surface area contributed by atoms with Gasteiger partial charge in [0.25, 0.3) is 5.91 Å². The number of carbonyl (C=O) groups excluding carboxylic acids is 2. The van der Waals surface area contributed by atoms with E-state index in [1.807, 2.05) is 85.9 Å². The van der Waals surface area contributed by atoms with Gasteiger partial charge >= 0.3 is 5.97 Å². The Hall–Kier alpha value is -3.97. The van der Waals surface area contributed by atoms with E-state index in [0.717, 1.165) is 39.8 Å². The molecule has 0 saturated heterocycles. The molecule has 0 unspecified atom stereocenters. The third kappa shape index (κ3) is 7.75. The van der Waals surface area contributed by atoms with Gasteiger partial charge in [-0.3, -0.25) is 4.79 Å². The lowest BCUT2D eigenvalue weighted by Gasteiger charge is -2.13. The van der Waals surface area contributed by atoms with Gasteiger partial charge in [0.1, 0.15) is 0 Å². The van der Waals surface area contributed by atoms with Crippen molar-refractivity contribution in [3.8, 4) is 16.9 Å². The summed E-state index contributed by atoms with van der Waals surface area (Å²) in [6.45, 7) is 1.61. The van der Waals surface area contributed by atoms with Crippen molar-refractivity contribution >= 4 is 33.9 Å². The van der Waals surface area contributed by atoms with Gasteiger partial charge in [-0.05, 0) is 55.7 Å². The summed E-state index contributed by atoms with van der Waals surface area (Å²) >= 11 is 3.46. The van der Waals surface area contributed by atoms with Crippen molar-refractivity contribution in [2.45, 2.75) is 25.8 Å². The van der Waals surface area contributed by atoms with Gasteiger partial charge in [-0.25, -0.2) is 9.48 Å². The zero-order valence-electron chi connectivity index (χ0n) is 20.5. The molecule has 7 heteroatoms. The number of para-hydroxylation sites is 1. The molecule has 4 aromatic rings. The van der Waals surface area contributed by atoms with Gasteiger partial charge in [0.2, 0.25) is 0 Å². The molecule has 188 valence electrons. The summed E-state index contributed by atoms with van der Waals surface area (Å²) in [4.78, 5) is 24.6. The first-order valence-corrected chi connectivity index (χ1v) is 12.9. The van der Waals surface area contributed by atoms with Crippen LogP contribution in [0.25, 0.3) is 23.0 Å². The van der Waals surface area contributed by atoms with Crippen LogP contribution in [0.3, 0.4) is 0 Å². The highest BCUT2D eigenvalue weighted by atomic mass is 79.9. The molecule has 1 aromatic heterocycles. The van der Waals surface area contributed by atoms with E-state index in [1.165, 1.54) is 11.6 Å². The van der Waals surface area contributed by atoms with E-state index in [9.17, 15) is 9.59 Å². The summed E-state index contributed by atoms with van der Waals surface area (Å²) < 4.78 is 7.91. The van der Waals surface area contributed by atoms with E-state index >= 15 is 0 Å². The number of hydrogen-bond acceptors (Lipinski definition) is 4. The first kappa shape index (κ1) is 26.1. The Morgan fingerprint density at radius 2 is 1.68 bits per heavy atom. The summed E-state index contributed by atoms with van der Waals surface area (Å²) in [5, 5.41) is 7.62. The third-order valence-corrected chi connectivity index (χ3v) is 6.27. The lowest BCUT2D eigenvalue weighted by molar-refractivity contribution is -0.144. The minimum Gasteiger partial charge on any atom is -0.452 e. The van der Waals surface area contributed by atoms with E-state index in [4.69, 9.17) is 9.84 Å². The lowest BCUT2D eigenvalue weighted by atomic mass is 10.1. The van der Waals surface area contributed by atoms with Crippen molar-refractivity contribution in [3.05, 3.63) is 113 Å². The fourth-order valence-corrected chi connectivity index (χ4v) is 4.08. The molecule has 3 aromatic carbocycles. The molecule has 1 amide bonds. The second-order valence-electron chi connectivity index (χ2n) is 8.65. The maximum Gasteiger partial charge on any atom is 0.331 e. The predicted octanol–water partition coefficient (Wildman–Crippen LogP) is 6.00. The Morgan fingerprint density at radius 3 is 2.38 bits per heavy atom. The first-order valence-electron chi connectivity index (χ1n) is 12.1. The number of amides is 1. The Balaban J connectivity index is 1.36. The molecule has 0 aliphatic heterocycles. The monoisotopic (exact) mass is 557 g/mol. The second kappa shape index (κ2) is 12.8. The molecule has 0 aliphatic rings. The number of halogens is 1. The van der Waals surface area contributed by atoms with Gasteiger partial charge in [-0.1, -0.05) is 76.6 Å². The molecule has 1 atom stereocenters. The van der Waals surface area contributed by atoms with Crippen molar-refractivity contribution in [2.75, 3.05) is 6.61 Å². The summed E-state index contributed by atoms with van der Waals surface area (Å²) in [6, 6.07) is 27.6. The van der Waals surface area contributed by atoms with Crippen LogP contribution in [0.2, 0.25) is 0 Å². The standard InChI is InChI=1S/C30H28BrN3O3/c1-22(12-13-23-8-4-2-5-9-23)32-28(35)21-37-29(36)19-16-25-20-34(27-10-6-3-7-11-27)33-30(25)24-14-17-26(31)18-15-24/h2-11,14-20,22H,12-13,21H2,1H3,(H,32,35)/b19-16+/t22-/m0/s1. The normalized spacial score (nSPS) is 11.8. The highest BCUT2D eigenvalue weighted by molar-refractivity contribution is 9.10. The van der Waals surface area contributed by atoms with Crippen LogP contribution in [-0.2, 0) is 20.7 Å². The van der Waals surface area contributed by atoms with E-state index in [-0.39, 0.29) is 18.6 Å². The van der Waals surface area contributed by atoms with Crippen LogP contribution in [0.4, 0.5) is 0 Å². The molecule has 6 nitrogen and oxygen atoms in total. The van der Waals surface area contributed by atoms with Crippen molar-refractivity contribution in [1.82, 2.24) is 15.1 Å². The maximum absolute atomic E-state index is 12.4. The van der Waals surface area contributed by atoms with Crippen LogP contribution in [0.15, 0.2) is 102 Å². The first-order chi connectivity index (χ1) is 18.0. The van der Waals surface area contributed by atoms with Gasteiger partial charge in [0.15, 0.2) is 6.61 Å². The number of aromatic nitrogens is 2. The van der Waals surface area contributed by atoms with Crippen molar-refractivity contribution in [2.24, 2.45) is 0 Å². The number of rotatable bonds is 10. The highest BCUT2D eigenvalue weighted by Crippen LogP contribution is 2.26. The Labute approximate surface area is 225 Å². The minimum atomic E-state index is -0.596. The average Bonchev–Trinajstić information content (AvgIpc) is 3.35. The number of aryl methyl sites for hydroxylation is 1. The molecule has 4 rings (SSSR count). The highest BCUT2D eigenvalue weighted by Gasteiger charge is 2.13. The minimum absolute atomic E-state index is 0.0285. The lowest BCUT2D eigenvalue weighted by Crippen LogP contribution is -2.36. The van der Waals surface area contributed by atoms with Crippen LogP contribution >= 0.6 is 15.9 Å². The van der Waals surface area contributed by atoms with Gasteiger partial charge in [-0.2, -0.15) is 5.10 Å². The van der Waals surface area contributed by atoms with E-state index in [1.54, 1.807) is 10.8 Å². The number of hydrogen-bond donors (Lipinski definition) is 1. The molecule has 1 heterocycles. The van der Waals surface area contributed by atoms with Crippen LogP contribution in [0, 0.1) is 0 Å². The second-order valence-corrected chi connectivity index (χ2v) is 9.57. The van der Waals surface area contributed by atoms with Crippen LogP contribution in [-0.4, -0.2) is 34.3 Å². The zero-order chi connectivity index (χ0) is 26.0. The molecule has 0 radical (unpaired) electrons. The van der Waals surface area contributed by atoms with E-state index in [0.29, 0.717) is 0 Å². The van der Waals surface area contributed by atoms with E-state index in [2.05, 4.69) is 33.4 Å². The molecule has 0 fully saturated rings. The number of benzene rings is 3. The van der Waals surface area contributed by atoms with Crippen molar-refractivity contribution in [1.29, 1.82) is 0 Å². The molecular formula is C30H28BrN3O3. The number of ether oxygens (including phenoxy) is 1.